The van der Waals surface area contributed by atoms with E-state index in [1.807, 2.05) is 0 Å². The Balaban J connectivity index is 2.72. The highest BCUT2D eigenvalue weighted by Crippen LogP contribution is 1.99. The smallest absolute Gasteiger partial charge is 0.381 e. The SMILES string of the molecule is CC(C)OC(=O)C(=O)c1ccccn1. The molecular weight excluding hydrogens is 182 g/mol. The van der Waals surface area contributed by atoms with Gasteiger partial charge in [0, 0.05) is 6.20 Å². The van der Waals surface area contributed by atoms with Crippen LogP contribution in [-0.2, 0) is 9.53 Å². The highest BCUT2D eigenvalue weighted by atomic mass is 16.5. The predicted molar refractivity (Wildman–Crippen MR) is 49.8 cm³/mol. The summed E-state index contributed by atoms with van der Waals surface area (Å²) in [5.74, 6) is -1.57. The number of carbonyl (C=O) groups is 2. The molecule has 0 aliphatic heterocycles. The van der Waals surface area contributed by atoms with Crippen LogP contribution in [-0.4, -0.2) is 22.8 Å². The van der Waals surface area contributed by atoms with Crippen molar-refractivity contribution < 1.29 is 14.3 Å². The number of rotatable bonds is 3. The molecule has 0 spiro atoms. The Morgan fingerprint density at radius 1 is 1.36 bits per heavy atom. The van der Waals surface area contributed by atoms with Crippen molar-refractivity contribution in [1.82, 2.24) is 4.98 Å². The average Bonchev–Trinajstić information content (AvgIpc) is 2.17. The first kappa shape index (κ1) is 10.4. The van der Waals surface area contributed by atoms with Crippen LogP contribution in [0.4, 0.5) is 0 Å². The molecule has 0 saturated carbocycles. The molecule has 0 aliphatic carbocycles. The molecule has 0 aromatic carbocycles. The van der Waals surface area contributed by atoms with Crippen molar-refractivity contribution in [2.24, 2.45) is 0 Å². The summed E-state index contributed by atoms with van der Waals surface area (Å²) < 4.78 is 4.74. The Morgan fingerprint density at radius 3 is 2.57 bits per heavy atom. The van der Waals surface area contributed by atoms with E-state index in [1.54, 1.807) is 26.0 Å². The maximum Gasteiger partial charge on any atom is 0.381 e. The average molecular weight is 193 g/mol. The van der Waals surface area contributed by atoms with E-state index in [1.165, 1.54) is 12.3 Å². The van der Waals surface area contributed by atoms with Crippen molar-refractivity contribution in [3.05, 3.63) is 30.1 Å². The minimum absolute atomic E-state index is 0.109. The van der Waals surface area contributed by atoms with Gasteiger partial charge in [-0.15, -0.1) is 0 Å². The number of Topliss-reactive ketones (excluding diaryl/α,β-unsaturated/α-hetero) is 1. The van der Waals surface area contributed by atoms with Crippen molar-refractivity contribution in [2.45, 2.75) is 20.0 Å². The highest BCUT2D eigenvalue weighted by Gasteiger charge is 2.19. The number of pyridine rings is 1. The van der Waals surface area contributed by atoms with Crippen LogP contribution in [0.2, 0.25) is 0 Å². The zero-order valence-electron chi connectivity index (χ0n) is 8.06. The number of hydrogen-bond acceptors (Lipinski definition) is 4. The number of aromatic nitrogens is 1. The van der Waals surface area contributed by atoms with Crippen LogP contribution < -0.4 is 0 Å². The molecule has 0 N–H and O–H groups in total. The third-order valence-electron chi connectivity index (χ3n) is 1.43. The molecular formula is C10H11NO3. The second-order valence-electron chi connectivity index (χ2n) is 3.00. The van der Waals surface area contributed by atoms with Crippen molar-refractivity contribution in [3.63, 3.8) is 0 Å². The minimum atomic E-state index is -0.862. The minimum Gasteiger partial charge on any atom is -0.457 e. The van der Waals surface area contributed by atoms with E-state index in [2.05, 4.69) is 4.98 Å². The van der Waals surface area contributed by atoms with Crippen LogP contribution in [0.25, 0.3) is 0 Å². The Morgan fingerprint density at radius 2 is 2.07 bits per heavy atom. The third kappa shape index (κ3) is 2.65. The fourth-order valence-corrected chi connectivity index (χ4v) is 0.869. The van der Waals surface area contributed by atoms with Gasteiger partial charge in [-0.1, -0.05) is 6.07 Å². The summed E-state index contributed by atoms with van der Waals surface area (Å²) in [6.45, 7) is 3.37. The van der Waals surface area contributed by atoms with Gasteiger partial charge in [-0.25, -0.2) is 4.79 Å². The number of hydrogen-bond donors (Lipinski definition) is 0. The molecule has 1 aromatic rings. The van der Waals surface area contributed by atoms with E-state index in [4.69, 9.17) is 4.74 Å². The van der Waals surface area contributed by atoms with Gasteiger partial charge in [0.15, 0.2) is 0 Å². The second kappa shape index (κ2) is 4.50. The summed E-state index contributed by atoms with van der Waals surface area (Å²) in [5.41, 5.74) is 0.109. The Labute approximate surface area is 81.9 Å². The maximum atomic E-state index is 11.3. The molecule has 1 rings (SSSR count). The lowest BCUT2D eigenvalue weighted by Gasteiger charge is -2.05. The molecule has 0 amide bonds. The van der Waals surface area contributed by atoms with Crippen LogP contribution in [0.1, 0.15) is 24.3 Å². The fraction of sp³-hybridized carbons (Fsp3) is 0.300. The van der Waals surface area contributed by atoms with Gasteiger partial charge >= 0.3 is 5.97 Å². The largest absolute Gasteiger partial charge is 0.457 e. The zero-order valence-corrected chi connectivity index (χ0v) is 8.06. The van der Waals surface area contributed by atoms with E-state index >= 15 is 0 Å². The van der Waals surface area contributed by atoms with Crippen LogP contribution in [0, 0.1) is 0 Å². The molecule has 0 aliphatic rings. The van der Waals surface area contributed by atoms with Gasteiger partial charge in [0.2, 0.25) is 0 Å². The number of ether oxygens (including phenoxy) is 1. The van der Waals surface area contributed by atoms with E-state index in [-0.39, 0.29) is 11.8 Å². The Bertz CT molecular complexity index is 332. The van der Waals surface area contributed by atoms with E-state index < -0.39 is 11.8 Å². The molecule has 0 saturated heterocycles. The normalized spacial score (nSPS) is 9.93. The lowest BCUT2D eigenvalue weighted by atomic mass is 10.2. The molecule has 0 atom stereocenters. The molecule has 0 fully saturated rings. The quantitative estimate of drug-likeness (QED) is 0.411. The van der Waals surface area contributed by atoms with Crippen LogP contribution >= 0.6 is 0 Å². The Hall–Kier alpha value is -1.71. The van der Waals surface area contributed by atoms with Crippen LogP contribution in [0.15, 0.2) is 24.4 Å². The van der Waals surface area contributed by atoms with Crippen molar-refractivity contribution in [3.8, 4) is 0 Å². The summed E-state index contributed by atoms with van der Waals surface area (Å²) in [6.07, 6.45) is 1.16. The monoisotopic (exact) mass is 193 g/mol. The molecule has 0 bridgehead atoms. The number of ketones is 1. The summed E-state index contributed by atoms with van der Waals surface area (Å²) in [6, 6.07) is 4.79. The van der Waals surface area contributed by atoms with Gasteiger partial charge in [-0.3, -0.25) is 9.78 Å². The van der Waals surface area contributed by atoms with Crippen molar-refractivity contribution in [2.75, 3.05) is 0 Å². The van der Waals surface area contributed by atoms with E-state index in [9.17, 15) is 9.59 Å². The van der Waals surface area contributed by atoms with Gasteiger partial charge in [-0.2, -0.15) is 0 Å². The first-order valence-electron chi connectivity index (χ1n) is 4.27. The number of esters is 1. The van der Waals surface area contributed by atoms with Crippen LogP contribution in [0.5, 0.6) is 0 Å². The molecule has 1 heterocycles. The number of carbonyl (C=O) groups excluding carboxylic acids is 2. The van der Waals surface area contributed by atoms with E-state index in [0.29, 0.717) is 0 Å². The molecule has 1 aromatic heterocycles. The summed E-state index contributed by atoms with van der Waals surface area (Å²) >= 11 is 0. The summed E-state index contributed by atoms with van der Waals surface area (Å²) in [7, 11) is 0. The first-order valence-corrected chi connectivity index (χ1v) is 4.27. The molecule has 74 valence electrons. The van der Waals surface area contributed by atoms with Gasteiger partial charge in [0.05, 0.1) is 6.10 Å². The third-order valence-corrected chi connectivity index (χ3v) is 1.43. The maximum absolute atomic E-state index is 11.3. The lowest BCUT2D eigenvalue weighted by Crippen LogP contribution is -2.21. The predicted octanol–water partition coefficient (Wildman–Crippen LogP) is 1.22. The second-order valence-corrected chi connectivity index (χ2v) is 3.00. The Kier molecular flexibility index (Phi) is 3.34. The molecule has 4 heteroatoms. The van der Waals surface area contributed by atoms with Gasteiger partial charge < -0.3 is 4.74 Å². The molecule has 14 heavy (non-hydrogen) atoms. The van der Waals surface area contributed by atoms with Gasteiger partial charge in [0.1, 0.15) is 5.69 Å². The topological polar surface area (TPSA) is 56.3 Å². The fourth-order valence-electron chi connectivity index (χ4n) is 0.869. The number of nitrogens with zero attached hydrogens (tertiary/aromatic N) is 1. The zero-order chi connectivity index (χ0) is 10.6. The van der Waals surface area contributed by atoms with E-state index in [0.717, 1.165) is 0 Å². The van der Waals surface area contributed by atoms with Crippen LogP contribution in [0.3, 0.4) is 0 Å². The summed E-state index contributed by atoms with van der Waals surface area (Å²) in [4.78, 5) is 26.2. The summed E-state index contributed by atoms with van der Waals surface area (Å²) in [5, 5.41) is 0. The molecule has 4 nitrogen and oxygen atoms in total. The van der Waals surface area contributed by atoms with Gasteiger partial charge in [-0.05, 0) is 26.0 Å². The molecule has 0 radical (unpaired) electrons. The van der Waals surface area contributed by atoms with Crippen molar-refractivity contribution in [1.29, 1.82) is 0 Å². The molecule has 0 unspecified atom stereocenters. The standard InChI is InChI=1S/C10H11NO3/c1-7(2)14-10(13)9(12)8-5-3-4-6-11-8/h3-7H,1-2H3. The van der Waals surface area contributed by atoms with Crippen molar-refractivity contribution >= 4 is 11.8 Å². The first-order chi connectivity index (χ1) is 6.61. The lowest BCUT2D eigenvalue weighted by molar-refractivity contribution is -0.141. The highest BCUT2D eigenvalue weighted by molar-refractivity contribution is 6.40. The van der Waals surface area contributed by atoms with Gasteiger partial charge in [0.25, 0.3) is 5.78 Å².